The Morgan fingerprint density at radius 1 is 0.893 bits per heavy atom. The number of amides is 1. The Hall–Kier alpha value is -5.42. The number of carbonyl (C=O) groups excluding carboxylic acids is 1. The van der Waals surface area contributed by atoms with Crippen LogP contribution < -0.4 is 10.0 Å². The van der Waals surface area contributed by atoms with Gasteiger partial charge in [-0.15, -0.1) is 5.10 Å². The molecule has 56 heavy (non-hydrogen) atoms. The minimum Gasteiger partial charge on any atom is -0.508 e. The number of aromatic hydroxyl groups is 1. The second-order valence-electron chi connectivity index (χ2n) is 13.3. The van der Waals surface area contributed by atoms with Gasteiger partial charge in [0.05, 0.1) is 29.4 Å². The predicted octanol–water partition coefficient (Wildman–Crippen LogP) is 6.03. The van der Waals surface area contributed by atoms with Crippen molar-refractivity contribution in [2.24, 2.45) is 0 Å². The highest BCUT2D eigenvalue weighted by molar-refractivity contribution is 7.99. The van der Waals surface area contributed by atoms with E-state index >= 15 is 0 Å². The molecule has 1 aliphatic heterocycles. The van der Waals surface area contributed by atoms with Crippen molar-refractivity contribution in [3.63, 3.8) is 0 Å². The summed E-state index contributed by atoms with van der Waals surface area (Å²) in [6.07, 6.45) is -0.886. The van der Waals surface area contributed by atoms with Gasteiger partial charge in [-0.2, -0.15) is 9.40 Å². The smallest absolute Gasteiger partial charge is 0.242 e. The predicted molar refractivity (Wildman–Crippen MR) is 210 cm³/mol. The monoisotopic (exact) mass is 792 g/mol. The van der Waals surface area contributed by atoms with Crippen molar-refractivity contribution in [1.29, 1.82) is 0 Å². The highest BCUT2D eigenvalue weighted by Gasteiger charge is 2.33. The molecule has 0 radical (unpaired) electrons. The third kappa shape index (κ3) is 9.68. The van der Waals surface area contributed by atoms with E-state index in [2.05, 4.69) is 25.6 Å². The maximum atomic E-state index is 13.9. The van der Waals surface area contributed by atoms with Crippen LogP contribution in [-0.2, 0) is 37.3 Å². The van der Waals surface area contributed by atoms with Gasteiger partial charge >= 0.3 is 0 Å². The van der Waals surface area contributed by atoms with Crippen LogP contribution >= 0.6 is 11.8 Å². The maximum Gasteiger partial charge on any atom is 0.242 e. The zero-order valence-electron chi connectivity index (χ0n) is 30.3. The normalized spacial score (nSPS) is 17.6. The number of nitrogens with one attached hydrogen (secondary N) is 2. The summed E-state index contributed by atoms with van der Waals surface area (Å²) in [7, 11) is -4.03. The number of hydrogen-bond acceptors (Lipinski definition) is 11. The number of thioether (sulfide) groups is 1. The molecule has 1 aromatic heterocycles. The second-order valence-corrected chi connectivity index (χ2v) is 16.0. The van der Waals surface area contributed by atoms with Gasteiger partial charge in [0.25, 0.3) is 0 Å². The first-order chi connectivity index (χ1) is 27.1. The molecule has 0 saturated carbocycles. The van der Waals surface area contributed by atoms with Gasteiger partial charge in [0.1, 0.15) is 11.8 Å². The van der Waals surface area contributed by atoms with Crippen molar-refractivity contribution in [3.05, 3.63) is 155 Å². The number of phenols is 1. The van der Waals surface area contributed by atoms with E-state index in [-0.39, 0.29) is 35.9 Å². The first-order valence-corrected chi connectivity index (χ1v) is 20.4. The van der Waals surface area contributed by atoms with E-state index in [4.69, 9.17) is 9.47 Å². The maximum absolute atomic E-state index is 13.9. The summed E-state index contributed by atoms with van der Waals surface area (Å²) in [5, 5.41) is 35.0. The minimum absolute atomic E-state index is 0.0627. The number of ether oxygens (including phenoxy) is 2. The van der Waals surface area contributed by atoms with Crippen LogP contribution in [0.5, 0.6) is 5.75 Å². The van der Waals surface area contributed by atoms with Crippen LogP contribution in [0.15, 0.2) is 137 Å². The first-order valence-electron chi connectivity index (χ1n) is 17.9. The molecule has 0 unspecified atom stereocenters. The molecule has 4 atom stereocenters. The summed E-state index contributed by atoms with van der Waals surface area (Å²) < 4.78 is 44.2. The molecule has 1 fully saturated rings. The van der Waals surface area contributed by atoms with Crippen LogP contribution in [0.4, 0.5) is 5.69 Å². The van der Waals surface area contributed by atoms with Crippen molar-refractivity contribution in [2.45, 2.75) is 61.0 Å². The number of hydrogen-bond donors (Lipinski definition) is 4. The quantitative estimate of drug-likeness (QED) is 0.0947. The van der Waals surface area contributed by atoms with Gasteiger partial charge in [0, 0.05) is 23.4 Å². The number of nitrogens with zero attached hydrogens (tertiary/aromatic N) is 4. The first kappa shape index (κ1) is 38.8. The SMILES string of the molecule is Cc1ccc(S(=O)(=O)N[C@H](Cc2ccccc2)C(=O)Nc2cccc([C@@H]3O[C@H](CSc4nnnn4-c4ccc(O)cc4)C[C@H](c4ccc(CO)cc4)O3)c2)cc1. The number of rotatable bonds is 14. The Balaban J connectivity index is 1.11. The van der Waals surface area contributed by atoms with Crippen LogP contribution in [0.2, 0.25) is 0 Å². The fourth-order valence-corrected chi connectivity index (χ4v) is 8.32. The summed E-state index contributed by atoms with van der Waals surface area (Å²) in [6, 6.07) is 35.8. The molecular formula is C41H40N6O7S2. The molecular weight excluding hydrogens is 753 g/mol. The number of aliphatic hydroxyl groups excluding tert-OH is 1. The number of tetrazole rings is 1. The topological polar surface area (TPSA) is 178 Å². The molecule has 1 saturated heterocycles. The third-order valence-electron chi connectivity index (χ3n) is 9.20. The van der Waals surface area contributed by atoms with Crippen molar-refractivity contribution in [3.8, 4) is 11.4 Å². The summed E-state index contributed by atoms with van der Waals surface area (Å²) in [5.74, 6) is 0.0752. The average Bonchev–Trinajstić information content (AvgIpc) is 3.69. The summed E-state index contributed by atoms with van der Waals surface area (Å²) in [6.45, 7) is 1.79. The average molecular weight is 793 g/mol. The summed E-state index contributed by atoms with van der Waals surface area (Å²) in [4.78, 5) is 14.0. The molecule has 2 heterocycles. The number of aromatic nitrogens is 4. The number of sulfonamides is 1. The van der Waals surface area contributed by atoms with Gasteiger partial charge < -0.3 is 25.0 Å². The van der Waals surface area contributed by atoms with E-state index in [9.17, 15) is 23.4 Å². The molecule has 1 amide bonds. The number of carbonyl (C=O) groups is 1. The molecule has 288 valence electrons. The van der Waals surface area contributed by atoms with Crippen molar-refractivity contribution < 1.29 is 32.9 Å². The Bertz CT molecular complexity index is 2340. The Morgan fingerprint density at radius 3 is 2.38 bits per heavy atom. The molecule has 0 spiro atoms. The minimum atomic E-state index is -4.03. The molecule has 7 rings (SSSR count). The molecule has 6 aromatic rings. The molecule has 4 N–H and O–H groups in total. The van der Waals surface area contributed by atoms with Gasteiger partial charge in [-0.05, 0) is 89.0 Å². The summed E-state index contributed by atoms with van der Waals surface area (Å²) >= 11 is 1.42. The van der Waals surface area contributed by atoms with E-state index in [0.29, 0.717) is 34.3 Å². The highest BCUT2D eigenvalue weighted by Crippen LogP contribution is 2.40. The lowest BCUT2D eigenvalue weighted by molar-refractivity contribution is -0.245. The highest BCUT2D eigenvalue weighted by atomic mass is 32.2. The molecule has 0 aliphatic carbocycles. The van der Waals surface area contributed by atoms with Gasteiger partial charge in [-0.3, -0.25) is 4.79 Å². The van der Waals surface area contributed by atoms with Crippen LogP contribution in [0, 0.1) is 6.92 Å². The zero-order chi connectivity index (χ0) is 39.1. The number of anilines is 1. The molecule has 13 nitrogen and oxygen atoms in total. The van der Waals surface area contributed by atoms with Gasteiger partial charge in [-0.1, -0.05) is 96.2 Å². The van der Waals surface area contributed by atoms with Crippen molar-refractivity contribution in [1.82, 2.24) is 24.9 Å². The van der Waals surface area contributed by atoms with E-state index in [1.807, 2.05) is 67.6 Å². The van der Waals surface area contributed by atoms with E-state index < -0.39 is 28.3 Å². The lowest BCUT2D eigenvalue weighted by Gasteiger charge is -2.36. The number of phenolic OH excluding ortho intramolecular Hbond substituents is 1. The number of aliphatic hydroxyl groups is 1. The molecule has 1 aliphatic rings. The van der Waals surface area contributed by atoms with Crippen molar-refractivity contribution in [2.75, 3.05) is 11.1 Å². The Kier molecular flexibility index (Phi) is 12.2. The lowest BCUT2D eigenvalue weighted by atomic mass is 10.0. The fourth-order valence-electron chi connectivity index (χ4n) is 6.22. The van der Waals surface area contributed by atoms with Crippen LogP contribution in [-0.4, -0.2) is 62.6 Å². The molecule has 15 heteroatoms. The summed E-state index contributed by atoms with van der Waals surface area (Å²) in [5.41, 5.74) is 5.15. The van der Waals surface area contributed by atoms with Gasteiger partial charge in [0.2, 0.25) is 21.1 Å². The van der Waals surface area contributed by atoms with E-state index in [1.54, 1.807) is 59.3 Å². The zero-order valence-corrected chi connectivity index (χ0v) is 31.9. The van der Waals surface area contributed by atoms with Crippen LogP contribution in [0.25, 0.3) is 5.69 Å². The van der Waals surface area contributed by atoms with Crippen molar-refractivity contribution >= 4 is 33.4 Å². The molecule has 5 aromatic carbocycles. The Morgan fingerprint density at radius 2 is 1.64 bits per heavy atom. The van der Waals surface area contributed by atoms with E-state index in [1.165, 1.54) is 23.9 Å². The lowest BCUT2D eigenvalue weighted by Crippen LogP contribution is -2.45. The van der Waals surface area contributed by atoms with Crippen LogP contribution in [0.3, 0.4) is 0 Å². The fraction of sp³-hybridized carbons (Fsp3) is 0.220. The third-order valence-corrected chi connectivity index (χ3v) is 11.7. The van der Waals surface area contributed by atoms with Gasteiger partial charge in [0.15, 0.2) is 6.29 Å². The Labute approximate surface area is 328 Å². The number of aryl methyl sites for hydroxylation is 1. The largest absolute Gasteiger partial charge is 0.508 e. The van der Waals surface area contributed by atoms with E-state index in [0.717, 1.165) is 22.3 Å². The second kappa shape index (κ2) is 17.6. The molecule has 0 bridgehead atoms. The van der Waals surface area contributed by atoms with Gasteiger partial charge in [-0.25, -0.2) is 8.42 Å². The number of benzene rings is 5. The standard InChI is InChI=1S/C41H40N6O7S2/c1-27-10-20-36(21-11-27)56(51,52)44-37(22-28-6-3-2-4-7-28)39(50)42-32-9-5-8-31(23-32)40-53-35(24-38(54-40)30-14-12-29(25-48)13-15-30)26-55-41-43-45-46-47(41)33-16-18-34(49)19-17-33/h2-21,23,35,37-38,40,44,48-49H,22,24-26H2,1H3,(H,42,50)/t35-,37+,38+,40+/m0/s1. The van der Waals surface area contributed by atoms with Crippen LogP contribution in [0.1, 0.15) is 46.6 Å².